The van der Waals surface area contributed by atoms with E-state index in [1.165, 1.54) is 0 Å². The molecule has 2 rings (SSSR count). The Morgan fingerprint density at radius 3 is 2.59 bits per heavy atom. The number of ether oxygens (including phenoxy) is 1. The maximum atomic E-state index is 12.2. The van der Waals surface area contributed by atoms with Crippen LogP contribution in [0.3, 0.4) is 0 Å². The molecule has 0 aromatic heterocycles. The molecule has 1 heterocycles. The first-order chi connectivity index (χ1) is 13.7. The molecule has 7 nitrogen and oxygen atoms in total. The minimum Gasteiger partial charge on any atom is -0.377 e. The highest BCUT2D eigenvalue weighted by Crippen LogP contribution is 2.33. The highest BCUT2D eigenvalue weighted by atomic mass is 32.2. The Kier molecular flexibility index (Phi) is 8.92. The van der Waals surface area contributed by atoms with E-state index in [-0.39, 0.29) is 23.8 Å². The lowest BCUT2D eigenvalue weighted by molar-refractivity contribution is -0.0835. The number of hydrogen-bond donors (Lipinski definition) is 3. The van der Waals surface area contributed by atoms with Gasteiger partial charge in [0.05, 0.1) is 11.9 Å². The van der Waals surface area contributed by atoms with Crippen molar-refractivity contribution in [2.45, 2.75) is 46.3 Å². The molecule has 1 aromatic rings. The van der Waals surface area contributed by atoms with Gasteiger partial charge in [0, 0.05) is 39.2 Å². The molecule has 0 saturated carbocycles. The number of rotatable bonds is 8. The number of benzene rings is 1. The van der Waals surface area contributed by atoms with Crippen molar-refractivity contribution in [2.24, 2.45) is 16.3 Å². The van der Waals surface area contributed by atoms with Crippen LogP contribution in [0.1, 0.15) is 39.2 Å². The van der Waals surface area contributed by atoms with Crippen LogP contribution in [0.5, 0.6) is 0 Å². The Morgan fingerprint density at radius 1 is 1.21 bits per heavy atom. The summed E-state index contributed by atoms with van der Waals surface area (Å²) in [6, 6.07) is 9.48. The van der Waals surface area contributed by atoms with Gasteiger partial charge in [-0.2, -0.15) is 0 Å². The van der Waals surface area contributed by atoms with Crippen LogP contribution in [-0.2, 0) is 21.3 Å². The van der Waals surface area contributed by atoms with Crippen molar-refractivity contribution in [3.8, 4) is 0 Å². The molecule has 1 aliphatic rings. The molecule has 0 bridgehead atoms. The Balaban J connectivity index is 1.75. The zero-order chi connectivity index (χ0) is 21.3. The van der Waals surface area contributed by atoms with Gasteiger partial charge in [-0.05, 0) is 23.8 Å². The van der Waals surface area contributed by atoms with E-state index in [1.807, 2.05) is 30.3 Å². The highest BCUT2D eigenvalue weighted by Gasteiger charge is 2.35. The number of nitrogens with one attached hydrogen (secondary N) is 3. The standard InChI is InChI=1S/C21H36N4O3S/c1-21(2,3)19-18(11-8-13-28-19)16-24-20(22-4)23-12-14-29(26,27)25-15-17-9-6-5-7-10-17/h5-7,9-10,18-19,25H,8,11-16H2,1-4H3,(H2,22,23,24). The van der Waals surface area contributed by atoms with Gasteiger partial charge in [0.15, 0.2) is 5.96 Å². The molecular weight excluding hydrogens is 388 g/mol. The third-order valence-corrected chi connectivity index (χ3v) is 6.38. The Hall–Kier alpha value is -1.64. The first-order valence-electron chi connectivity index (χ1n) is 10.3. The fraction of sp³-hybridized carbons (Fsp3) is 0.667. The molecule has 8 heteroatoms. The maximum Gasteiger partial charge on any atom is 0.213 e. The smallest absolute Gasteiger partial charge is 0.213 e. The van der Waals surface area contributed by atoms with E-state index in [0.29, 0.717) is 18.4 Å². The van der Waals surface area contributed by atoms with Gasteiger partial charge < -0.3 is 15.4 Å². The second-order valence-corrected chi connectivity index (χ2v) is 10.5. The number of sulfonamides is 1. The molecule has 0 spiro atoms. The van der Waals surface area contributed by atoms with Crippen LogP contribution in [0.4, 0.5) is 0 Å². The molecular formula is C21H36N4O3S. The molecule has 1 aromatic carbocycles. The highest BCUT2D eigenvalue weighted by molar-refractivity contribution is 7.89. The van der Waals surface area contributed by atoms with Crippen LogP contribution in [0.25, 0.3) is 0 Å². The monoisotopic (exact) mass is 424 g/mol. The predicted octanol–water partition coefficient (Wildman–Crippen LogP) is 2.11. The molecule has 0 aliphatic carbocycles. The summed E-state index contributed by atoms with van der Waals surface area (Å²) in [7, 11) is -1.67. The van der Waals surface area contributed by atoms with Crippen molar-refractivity contribution in [3.05, 3.63) is 35.9 Å². The molecule has 3 N–H and O–H groups in total. The van der Waals surface area contributed by atoms with Gasteiger partial charge in [-0.1, -0.05) is 51.1 Å². The van der Waals surface area contributed by atoms with Crippen LogP contribution < -0.4 is 15.4 Å². The Morgan fingerprint density at radius 2 is 1.93 bits per heavy atom. The van der Waals surface area contributed by atoms with Crippen molar-refractivity contribution >= 4 is 16.0 Å². The van der Waals surface area contributed by atoms with E-state index in [2.05, 4.69) is 41.1 Å². The average Bonchev–Trinajstić information content (AvgIpc) is 2.69. The van der Waals surface area contributed by atoms with Crippen molar-refractivity contribution in [3.63, 3.8) is 0 Å². The average molecular weight is 425 g/mol. The SMILES string of the molecule is CN=C(NCCS(=O)(=O)NCc1ccccc1)NCC1CCCOC1C(C)(C)C. The summed E-state index contributed by atoms with van der Waals surface area (Å²) in [5, 5.41) is 6.42. The van der Waals surface area contributed by atoms with E-state index < -0.39 is 10.0 Å². The number of nitrogens with zero attached hydrogens (tertiary/aromatic N) is 1. The van der Waals surface area contributed by atoms with Gasteiger partial charge in [0.25, 0.3) is 0 Å². The summed E-state index contributed by atoms with van der Waals surface area (Å²) in [4.78, 5) is 4.21. The predicted molar refractivity (Wildman–Crippen MR) is 118 cm³/mol. The molecule has 2 atom stereocenters. The fourth-order valence-corrected chi connectivity index (χ4v) is 4.52. The van der Waals surface area contributed by atoms with Crippen LogP contribution >= 0.6 is 0 Å². The molecule has 1 aliphatic heterocycles. The summed E-state index contributed by atoms with van der Waals surface area (Å²) in [6.45, 7) is 8.77. The third kappa shape index (κ3) is 8.32. The summed E-state index contributed by atoms with van der Waals surface area (Å²) >= 11 is 0. The van der Waals surface area contributed by atoms with Crippen LogP contribution in [-0.4, -0.2) is 53.0 Å². The van der Waals surface area contributed by atoms with Gasteiger partial charge in [-0.25, -0.2) is 13.1 Å². The third-order valence-electron chi connectivity index (χ3n) is 5.06. The van der Waals surface area contributed by atoms with Crippen molar-refractivity contribution < 1.29 is 13.2 Å². The minimum absolute atomic E-state index is 0.0162. The lowest BCUT2D eigenvalue weighted by Crippen LogP contribution is -2.48. The number of aliphatic imine (C=N–C) groups is 1. The van der Waals surface area contributed by atoms with Gasteiger partial charge in [0.2, 0.25) is 10.0 Å². The van der Waals surface area contributed by atoms with E-state index in [0.717, 1.165) is 31.6 Å². The number of guanidine groups is 1. The molecule has 0 radical (unpaired) electrons. The van der Waals surface area contributed by atoms with E-state index >= 15 is 0 Å². The summed E-state index contributed by atoms with van der Waals surface area (Å²) < 4.78 is 33.1. The summed E-state index contributed by atoms with van der Waals surface area (Å²) in [5.74, 6) is 0.998. The number of hydrogen-bond acceptors (Lipinski definition) is 4. The van der Waals surface area contributed by atoms with Crippen molar-refractivity contribution in [2.75, 3.05) is 32.5 Å². The first-order valence-corrected chi connectivity index (χ1v) is 11.9. The minimum atomic E-state index is -3.36. The van der Waals surface area contributed by atoms with E-state index in [1.54, 1.807) is 7.05 Å². The van der Waals surface area contributed by atoms with Gasteiger partial charge in [0.1, 0.15) is 0 Å². The van der Waals surface area contributed by atoms with Crippen molar-refractivity contribution in [1.82, 2.24) is 15.4 Å². The van der Waals surface area contributed by atoms with Crippen LogP contribution in [0.15, 0.2) is 35.3 Å². The summed E-state index contributed by atoms with van der Waals surface area (Å²) in [5.41, 5.74) is 1.02. The molecule has 29 heavy (non-hydrogen) atoms. The second kappa shape index (κ2) is 10.9. The fourth-order valence-electron chi connectivity index (χ4n) is 3.62. The molecule has 164 valence electrons. The van der Waals surface area contributed by atoms with Gasteiger partial charge >= 0.3 is 0 Å². The normalized spacial score (nSPS) is 21.0. The first kappa shape index (κ1) is 23.6. The topological polar surface area (TPSA) is 91.8 Å². The van der Waals surface area contributed by atoms with E-state index in [4.69, 9.17) is 4.74 Å². The maximum absolute atomic E-state index is 12.2. The van der Waals surface area contributed by atoms with E-state index in [9.17, 15) is 8.42 Å². The van der Waals surface area contributed by atoms with Crippen molar-refractivity contribution in [1.29, 1.82) is 0 Å². The second-order valence-electron chi connectivity index (χ2n) is 8.57. The zero-order valence-electron chi connectivity index (χ0n) is 18.1. The lowest BCUT2D eigenvalue weighted by Gasteiger charge is -2.40. The molecule has 2 unspecified atom stereocenters. The molecule has 0 amide bonds. The molecule has 1 saturated heterocycles. The van der Waals surface area contributed by atoms with Crippen LogP contribution in [0.2, 0.25) is 0 Å². The Bertz CT molecular complexity index is 745. The zero-order valence-corrected chi connectivity index (χ0v) is 18.9. The quantitative estimate of drug-likeness (QED) is 0.439. The molecule has 1 fully saturated rings. The Labute approximate surface area is 175 Å². The van der Waals surface area contributed by atoms with Gasteiger partial charge in [-0.3, -0.25) is 4.99 Å². The lowest BCUT2D eigenvalue weighted by atomic mass is 9.78. The van der Waals surface area contributed by atoms with Crippen LogP contribution in [0, 0.1) is 11.3 Å². The summed E-state index contributed by atoms with van der Waals surface area (Å²) in [6.07, 6.45) is 2.38. The largest absolute Gasteiger partial charge is 0.377 e. The van der Waals surface area contributed by atoms with Gasteiger partial charge in [-0.15, -0.1) is 0 Å².